The second-order valence-electron chi connectivity index (χ2n) is 5.06. The number of thiazole rings is 1. The second kappa shape index (κ2) is 5.69. The van der Waals surface area contributed by atoms with Crippen LogP contribution < -0.4 is 5.32 Å². The van der Waals surface area contributed by atoms with Gasteiger partial charge in [-0.15, -0.1) is 11.3 Å². The van der Waals surface area contributed by atoms with Gasteiger partial charge in [0, 0.05) is 23.0 Å². The minimum atomic E-state index is -4.38. The van der Waals surface area contributed by atoms with Crippen molar-refractivity contribution >= 4 is 27.9 Å². The van der Waals surface area contributed by atoms with Crippen molar-refractivity contribution in [1.82, 2.24) is 9.38 Å². The first-order valence-corrected chi connectivity index (χ1v) is 7.60. The fraction of sp³-hybridized carbons (Fsp3) is 0.200. The van der Waals surface area contributed by atoms with Crippen LogP contribution in [-0.4, -0.2) is 15.3 Å². The van der Waals surface area contributed by atoms with Crippen molar-refractivity contribution < 1.29 is 18.0 Å². The molecular formula is C15H12F3N3OS. The summed E-state index contributed by atoms with van der Waals surface area (Å²) in [5, 5.41) is 4.44. The number of nitrogens with one attached hydrogen (secondary N) is 1. The smallest absolute Gasteiger partial charge is 0.326 e. The topological polar surface area (TPSA) is 46.4 Å². The van der Waals surface area contributed by atoms with E-state index in [4.69, 9.17) is 0 Å². The van der Waals surface area contributed by atoms with E-state index in [2.05, 4.69) is 10.3 Å². The van der Waals surface area contributed by atoms with Crippen LogP contribution in [0.2, 0.25) is 0 Å². The lowest BCUT2D eigenvalue weighted by Gasteiger charge is -2.08. The summed E-state index contributed by atoms with van der Waals surface area (Å²) in [7, 11) is 0. The number of aryl methyl sites for hydroxylation is 1. The zero-order valence-electron chi connectivity index (χ0n) is 12.0. The lowest BCUT2D eigenvalue weighted by Crippen LogP contribution is -2.15. The highest BCUT2D eigenvalue weighted by molar-refractivity contribution is 7.15. The molecule has 0 saturated heterocycles. The van der Waals surface area contributed by atoms with E-state index < -0.39 is 11.7 Å². The number of hydrogen-bond acceptors (Lipinski definition) is 3. The Morgan fingerprint density at radius 3 is 2.65 bits per heavy atom. The van der Waals surface area contributed by atoms with E-state index in [1.165, 1.54) is 23.5 Å². The van der Waals surface area contributed by atoms with Crippen molar-refractivity contribution in [3.8, 4) is 0 Å². The highest BCUT2D eigenvalue weighted by Crippen LogP contribution is 2.29. The van der Waals surface area contributed by atoms with Crippen molar-refractivity contribution in [2.24, 2.45) is 0 Å². The predicted octanol–water partition coefficient (Wildman–Crippen LogP) is 3.90. The Labute approximate surface area is 133 Å². The molecule has 23 heavy (non-hydrogen) atoms. The summed E-state index contributed by atoms with van der Waals surface area (Å²) in [6.07, 6.45) is -2.42. The molecule has 120 valence electrons. The van der Waals surface area contributed by atoms with Gasteiger partial charge in [0.1, 0.15) is 0 Å². The minimum absolute atomic E-state index is 0.122. The molecule has 0 unspecified atom stereocenters. The summed E-state index contributed by atoms with van der Waals surface area (Å²) in [5.74, 6) is -0.296. The third kappa shape index (κ3) is 3.37. The highest BCUT2D eigenvalue weighted by atomic mass is 32.1. The number of amides is 1. The van der Waals surface area contributed by atoms with Crippen LogP contribution in [0, 0.1) is 6.92 Å². The summed E-state index contributed by atoms with van der Waals surface area (Å²) in [5.41, 5.74) is 1.23. The van der Waals surface area contributed by atoms with E-state index in [1.54, 1.807) is 0 Å². The SMILES string of the molecule is Cc1cn2c(CC(=O)Nc3ccc(C(F)(F)F)cc3)csc2n1. The number of carbonyl (C=O) groups excluding carboxylic acids is 1. The van der Waals surface area contributed by atoms with Crippen LogP contribution >= 0.6 is 11.3 Å². The minimum Gasteiger partial charge on any atom is -0.326 e. The summed E-state index contributed by atoms with van der Waals surface area (Å²) < 4.78 is 39.3. The van der Waals surface area contributed by atoms with Crippen LogP contribution in [0.1, 0.15) is 17.0 Å². The molecular weight excluding hydrogens is 327 g/mol. The van der Waals surface area contributed by atoms with Crippen LogP contribution in [-0.2, 0) is 17.4 Å². The van der Waals surface area contributed by atoms with Gasteiger partial charge in [0.25, 0.3) is 0 Å². The number of carbonyl (C=O) groups is 1. The van der Waals surface area contributed by atoms with Crippen molar-refractivity contribution in [3.05, 3.63) is 52.8 Å². The molecule has 2 aromatic heterocycles. The van der Waals surface area contributed by atoms with Crippen LogP contribution in [0.3, 0.4) is 0 Å². The Morgan fingerprint density at radius 1 is 1.30 bits per heavy atom. The van der Waals surface area contributed by atoms with Crippen molar-refractivity contribution in [2.75, 3.05) is 5.32 Å². The van der Waals surface area contributed by atoms with E-state index in [-0.39, 0.29) is 12.3 Å². The van der Waals surface area contributed by atoms with Crippen LogP contribution in [0.5, 0.6) is 0 Å². The molecule has 2 heterocycles. The normalized spacial score (nSPS) is 11.8. The molecule has 1 N–H and O–H groups in total. The standard InChI is InChI=1S/C15H12F3N3OS/c1-9-7-21-12(8-23-14(21)19-9)6-13(22)20-11-4-2-10(3-5-11)15(16,17)18/h2-5,7-8H,6H2,1H3,(H,20,22). The molecule has 0 aliphatic heterocycles. The zero-order valence-corrected chi connectivity index (χ0v) is 12.8. The highest BCUT2D eigenvalue weighted by Gasteiger charge is 2.29. The van der Waals surface area contributed by atoms with E-state index in [0.717, 1.165) is 28.5 Å². The molecule has 4 nitrogen and oxygen atoms in total. The van der Waals surface area contributed by atoms with Crippen LogP contribution in [0.4, 0.5) is 18.9 Å². The maximum atomic E-state index is 12.5. The molecule has 3 aromatic rings. The van der Waals surface area contributed by atoms with Gasteiger partial charge in [0.15, 0.2) is 4.96 Å². The lowest BCUT2D eigenvalue weighted by molar-refractivity contribution is -0.137. The number of fused-ring (bicyclic) bond motifs is 1. The van der Waals surface area contributed by atoms with Crippen molar-refractivity contribution in [1.29, 1.82) is 0 Å². The summed E-state index contributed by atoms with van der Waals surface area (Å²) in [6, 6.07) is 4.37. The average molecular weight is 339 g/mol. The first-order valence-electron chi connectivity index (χ1n) is 6.72. The van der Waals surface area contributed by atoms with Crippen LogP contribution in [0.25, 0.3) is 4.96 Å². The number of alkyl halides is 3. The summed E-state index contributed by atoms with van der Waals surface area (Å²) >= 11 is 1.43. The number of aromatic nitrogens is 2. The van der Waals surface area contributed by atoms with Gasteiger partial charge in [-0.25, -0.2) is 4.98 Å². The monoisotopic (exact) mass is 339 g/mol. The molecule has 3 rings (SSSR count). The molecule has 0 saturated carbocycles. The van der Waals surface area contributed by atoms with Gasteiger partial charge in [-0.05, 0) is 31.2 Å². The summed E-state index contributed by atoms with van der Waals surface area (Å²) in [4.78, 5) is 17.2. The van der Waals surface area contributed by atoms with E-state index in [9.17, 15) is 18.0 Å². The third-order valence-corrected chi connectivity index (χ3v) is 4.13. The number of imidazole rings is 1. The summed E-state index contributed by atoms with van der Waals surface area (Å²) in [6.45, 7) is 1.87. The van der Waals surface area contributed by atoms with Crippen molar-refractivity contribution in [3.63, 3.8) is 0 Å². The Kier molecular flexibility index (Phi) is 3.85. The van der Waals surface area contributed by atoms with Gasteiger partial charge in [-0.2, -0.15) is 13.2 Å². The Balaban J connectivity index is 1.69. The average Bonchev–Trinajstić information content (AvgIpc) is 2.99. The first kappa shape index (κ1) is 15.5. The molecule has 0 fully saturated rings. The van der Waals surface area contributed by atoms with Gasteiger partial charge >= 0.3 is 6.18 Å². The molecule has 0 radical (unpaired) electrons. The number of hydrogen-bond donors (Lipinski definition) is 1. The molecule has 1 aromatic carbocycles. The van der Waals surface area contributed by atoms with E-state index in [0.29, 0.717) is 5.69 Å². The van der Waals surface area contributed by atoms with Gasteiger partial charge in [-0.1, -0.05) is 0 Å². The molecule has 0 bridgehead atoms. The predicted molar refractivity (Wildman–Crippen MR) is 81.6 cm³/mol. The van der Waals surface area contributed by atoms with Gasteiger partial charge in [-0.3, -0.25) is 9.20 Å². The van der Waals surface area contributed by atoms with Crippen molar-refractivity contribution in [2.45, 2.75) is 19.5 Å². The number of rotatable bonds is 3. The largest absolute Gasteiger partial charge is 0.416 e. The molecule has 0 aliphatic rings. The Hall–Kier alpha value is -2.35. The third-order valence-electron chi connectivity index (χ3n) is 3.24. The molecule has 0 spiro atoms. The van der Waals surface area contributed by atoms with E-state index in [1.807, 2.05) is 22.9 Å². The molecule has 0 atom stereocenters. The number of halogens is 3. The Morgan fingerprint density at radius 2 is 2.00 bits per heavy atom. The zero-order chi connectivity index (χ0) is 16.6. The molecule has 8 heteroatoms. The second-order valence-corrected chi connectivity index (χ2v) is 5.90. The molecule has 1 amide bonds. The first-order chi connectivity index (χ1) is 10.8. The number of benzene rings is 1. The van der Waals surface area contributed by atoms with Gasteiger partial charge in [0.2, 0.25) is 5.91 Å². The maximum Gasteiger partial charge on any atom is 0.416 e. The lowest BCUT2D eigenvalue weighted by atomic mass is 10.2. The van der Waals surface area contributed by atoms with Gasteiger partial charge in [0.05, 0.1) is 17.7 Å². The number of anilines is 1. The maximum absolute atomic E-state index is 12.5. The molecule has 0 aliphatic carbocycles. The van der Waals surface area contributed by atoms with Crippen LogP contribution in [0.15, 0.2) is 35.8 Å². The number of nitrogens with zero attached hydrogens (tertiary/aromatic N) is 2. The fourth-order valence-electron chi connectivity index (χ4n) is 2.18. The fourth-order valence-corrected chi connectivity index (χ4v) is 3.10. The Bertz CT molecular complexity index is 849. The van der Waals surface area contributed by atoms with E-state index >= 15 is 0 Å². The quantitative estimate of drug-likeness (QED) is 0.786. The van der Waals surface area contributed by atoms with Gasteiger partial charge < -0.3 is 5.32 Å².